The largest absolute Gasteiger partial charge is 0.491 e. The third-order valence-corrected chi connectivity index (χ3v) is 1.84. The van der Waals surface area contributed by atoms with E-state index in [9.17, 15) is 13.2 Å². The summed E-state index contributed by atoms with van der Waals surface area (Å²) in [6.45, 7) is 4.10. The Morgan fingerprint density at radius 1 is 1.31 bits per heavy atom. The predicted molar refractivity (Wildman–Crippen MR) is 52.5 cm³/mol. The van der Waals surface area contributed by atoms with Gasteiger partial charge in [-0.05, 0) is 32.0 Å². The lowest BCUT2D eigenvalue weighted by atomic mass is 10.1. The van der Waals surface area contributed by atoms with E-state index in [1.807, 2.05) is 0 Å². The lowest BCUT2D eigenvalue weighted by Crippen LogP contribution is -2.10. The van der Waals surface area contributed by atoms with Gasteiger partial charge in [0.15, 0.2) is 0 Å². The van der Waals surface area contributed by atoms with Crippen LogP contribution in [0.25, 0.3) is 0 Å². The van der Waals surface area contributed by atoms with Gasteiger partial charge >= 0.3 is 6.18 Å². The Morgan fingerprint density at radius 3 is 2.38 bits per heavy atom. The third kappa shape index (κ3) is 3.13. The van der Waals surface area contributed by atoms with E-state index < -0.39 is 11.7 Å². The molecule has 0 fully saturated rings. The maximum atomic E-state index is 12.4. The minimum Gasteiger partial charge on any atom is -0.491 e. The molecule has 1 radical (unpaired) electrons. The lowest BCUT2D eigenvalue weighted by Gasteiger charge is -2.15. The summed E-state index contributed by atoms with van der Waals surface area (Å²) in [6.07, 6.45) is -4.59. The van der Waals surface area contributed by atoms with E-state index >= 15 is 0 Å². The molecule has 2 nitrogen and oxygen atoms in total. The molecule has 1 aromatic rings. The average Bonchev–Trinajstić information content (AvgIpc) is 2.15. The molecule has 0 aliphatic rings. The van der Waals surface area contributed by atoms with Crippen LogP contribution in [0, 0.1) is 6.61 Å². The number of hydrogen-bond acceptors (Lipinski definition) is 2. The number of hydrogen-bond donors (Lipinski definition) is 1. The highest BCUT2D eigenvalue weighted by Crippen LogP contribution is 2.33. The zero-order valence-corrected chi connectivity index (χ0v) is 8.88. The Bertz CT molecular complexity index is 359. The van der Waals surface area contributed by atoms with Gasteiger partial charge < -0.3 is 9.84 Å². The van der Waals surface area contributed by atoms with Gasteiger partial charge in [-0.1, -0.05) is 0 Å². The summed E-state index contributed by atoms with van der Waals surface area (Å²) in [7, 11) is 0. The molecule has 0 aromatic heterocycles. The fourth-order valence-corrected chi connectivity index (χ4v) is 1.19. The quantitative estimate of drug-likeness (QED) is 0.867. The van der Waals surface area contributed by atoms with E-state index in [4.69, 9.17) is 9.84 Å². The maximum Gasteiger partial charge on any atom is 0.416 e. The monoisotopic (exact) mass is 233 g/mol. The number of alkyl halides is 3. The van der Waals surface area contributed by atoms with Crippen molar-refractivity contribution in [2.45, 2.75) is 26.1 Å². The molecule has 1 aromatic carbocycles. The molecule has 0 atom stereocenters. The molecule has 16 heavy (non-hydrogen) atoms. The summed E-state index contributed by atoms with van der Waals surface area (Å²) in [5.74, 6) is 0.227. The van der Waals surface area contributed by atoms with E-state index in [1.165, 1.54) is 6.07 Å². The van der Waals surface area contributed by atoms with Crippen LogP contribution < -0.4 is 4.74 Å². The molecule has 0 saturated heterocycles. The number of benzene rings is 1. The van der Waals surface area contributed by atoms with E-state index in [1.54, 1.807) is 13.8 Å². The topological polar surface area (TPSA) is 29.5 Å². The van der Waals surface area contributed by atoms with Gasteiger partial charge in [-0.3, -0.25) is 0 Å². The molecule has 0 aliphatic heterocycles. The molecule has 0 spiro atoms. The minimum atomic E-state index is -4.42. The Labute approximate surface area is 91.7 Å². The zero-order valence-electron chi connectivity index (χ0n) is 8.88. The van der Waals surface area contributed by atoms with Crippen molar-refractivity contribution in [1.29, 1.82) is 0 Å². The highest BCUT2D eigenvalue weighted by atomic mass is 19.4. The summed E-state index contributed by atoms with van der Waals surface area (Å²) in [5, 5.41) is 8.85. The van der Waals surface area contributed by atoms with Crippen molar-refractivity contribution < 1.29 is 23.0 Å². The summed E-state index contributed by atoms with van der Waals surface area (Å²) >= 11 is 0. The summed E-state index contributed by atoms with van der Waals surface area (Å²) < 4.78 is 42.3. The second kappa shape index (κ2) is 4.74. The van der Waals surface area contributed by atoms with Gasteiger partial charge in [0.2, 0.25) is 0 Å². The Balaban J connectivity index is 3.07. The summed E-state index contributed by atoms with van der Waals surface area (Å²) in [4.78, 5) is 0. The van der Waals surface area contributed by atoms with Gasteiger partial charge in [-0.15, -0.1) is 0 Å². The van der Waals surface area contributed by atoms with Crippen molar-refractivity contribution >= 4 is 0 Å². The molecule has 89 valence electrons. The first-order valence-corrected chi connectivity index (χ1v) is 4.70. The standard InChI is InChI=1S/C11H12F3O2/c1-7(2)16-10-4-3-9(11(12,13)14)5-8(10)6-15/h3-7,15H,1-2H3. The molecular weight excluding hydrogens is 221 g/mol. The van der Waals surface area contributed by atoms with Crippen LogP contribution in [-0.2, 0) is 6.18 Å². The van der Waals surface area contributed by atoms with Crippen molar-refractivity contribution in [1.82, 2.24) is 0 Å². The van der Waals surface area contributed by atoms with Crippen LogP contribution >= 0.6 is 0 Å². The van der Waals surface area contributed by atoms with Crippen LogP contribution in [0.5, 0.6) is 5.75 Å². The Morgan fingerprint density at radius 2 is 1.94 bits per heavy atom. The van der Waals surface area contributed by atoms with Crippen LogP contribution in [0.1, 0.15) is 25.0 Å². The van der Waals surface area contributed by atoms with Gasteiger partial charge in [0.05, 0.1) is 11.7 Å². The van der Waals surface area contributed by atoms with E-state index in [0.29, 0.717) is 6.61 Å². The van der Waals surface area contributed by atoms with Crippen molar-refractivity contribution in [3.8, 4) is 5.75 Å². The van der Waals surface area contributed by atoms with Gasteiger partial charge in [-0.25, -0.2) is 0 Å². The number of aliphatic hydroxyl groups is 1. The SMILES string of the molecule is CC(C)Oc1ccc(C(F)(F)F)cc1[CH]O. The molecule has 0 aliphatic carbocycles. The first-order valence-electron chi connectivity index (χ1n) is 4.70. The van der Waals surface area contributed by atoms with Crippen LogP contribution in [0.3, 0.4) is 0 Å². The molecule has 0 heterocycles. The van der Waals surface area contributed by atoms with Crippen LogP contribution in [0.2, 0.25) is 0 Å². The molecule has 5 heteroatoms. The maximum absolute atomic E-state index is 12.4. The van der Waals surface area contributed by atoms with Crippen molar-refractivity contribution in [2.24, 2.45) is 0 Å². The molecule has 1 N–H and O–H groups in total. The van der Waals surface area contributed by atoms with Crippen LogP contribution in [0.4, 0.5) is 13.2 Å². The van der Waals surface area contributed by atoms with Crippen molar-refractivity contribution in [3.05, 3.63) is 35.9 Å². The Kier molecular flexibility index (Phi) is 3.80. The molecule has 0 amide bonds. The van der Waals surface area contributed by atoms with Crippen LogP contribution in [-0.4, -0.2) is 11.2 Å². The molecule has 1 rings (SSSR count). The van der Waals surface area contributed by atoms with Gasteiger partial charge in [-0.2, -0.15) is 13.2 Å². The highest BCUT2D eigenvalue weighted by molar-refractivity contribution is 5.41. The number of halogens is 3. The normalized spacial score (nSPS) is 11.9. The lowest BCUT2D eigenvalue weighted by molar-refractivity contribution is -0.137. The molecule has 0 bridgehead atoms. The van der Waals surface area contributed by atoms with Crippen molar-refractivity contribution in [2.75, 3.05) is 0 Å². The summed E-state index contributed by atoms with van der Waals surface area (Å²) in [6, 6.07) is 2.97. The molecule has 0 saturated carbocycles. The zero-order chi connectivity index (χ0) is 12.3. The fraction of sp³-hybridized carbons (Fsp3) is 0.364. The predicted octanol–water partition coefficient (Wildman–Crippen LogP) is 3.37. The first kappa shape index (κ1) is 12.8. The first-order chi connectivity index (χ1) is 7.34. The minimum absolute atomic E-state index is 0.0172. The van der Waals surface area contributed by atoms with Crippen molar-refractivity contribution in [3.63, 3.8) is 0 Å². The number of aliphatic hydroxyl groups excluding tert-OH is 1. The molecular formula is C11H12F3O2. The summed E-state index contributed by atoms with van der Waals surface area (Å²) in [5.41, 5.74) is -0.799. The smallest absolute Gasteiger partial charge is 0.416 e. The molecule has 0 unspecified atom stereocenters. The highest BCUT2D eigenvalue weighted by Gasteiger charge is 2.31. The van der Waals surface area contributed by atoms with Gasteiger partial charge in [0.25, 0.3) is 0 Å². The fourth-order valence-electron chi connectivity index (χ4n) is 1.19. The second-order valence-corrected chi connectivity index (χ2v) is 3.55. The Hall–Kier alpha value is -1.23. The van der Waals surface area contributed by atoms with Crippen LogP contribution in [0.15, 0.2) is 18.2 Å². The third-order valence-electron chi connectivity index (χ3n) is 1.84. The van der Waals surface area contributed by atoms with E-state index in [0.717, 1.165) is 12.1 Å². The second-order valence-electron chi connectivity index (χ2n) is 3.55. The van der Waals surface area contributed by atoms with E-state index in [2.05, 4.69) is 0 Å². The average molecular weight is 233 g/mol. The number of rotatable bonds is 3. The van der Waals surface area contributed by atoms with E-state index in [-0.39, 0.29) is 17.4 Å². The number of ether oxygens (including phenoxy) is 1. The van der Waals surface area contributed by atoms with Gasteiger partial charge in [0, 0.05) is 5.56 Å². The van der Waals surface area contributed by atoms with Gasteiger partial charge in [0.1, 0.15) is 12.4 Å².